The number of aryl methyl sites for hydroxylation is 3. The van der Waals surface area contributed by atoms with Crippen LogP contribution >= 0.6 is 0 Å². The Bertz CT molecular complexity index is 896. The summed E-state index contributed by atoms with van der Waals surface area (Å²) in [7, 11) is 1.83. The fourth-order valence-electron chi connectivity index (χ4n) is 2.64. The standard InChI is InChI=1S/C19H22N4O3/c1-12-5-7-15(8-6-12)20-17(24)10-23(4)11-18-21-22-19(26-18)16-9-13(2)25-14(16)3/h5-9H,10-11H2,1-4H3,(H,20,24). The molecule has 1 N–H and O–H groups in total. The summed E-state index contributed by atoms with van der Waals surface area (Å²) in [5.74, 6) is 2.30. The third kappa shape index (κ3) is 4.37. The highest BCUT2D eigenvalue weighted by Gasteiger charge is 2.16. The van der Waals surface area contributed by atoms with Crippen molar-refractivity contribution in [2.24, 2.45) is 0 Å². The van der Waals surface area contributed by atoms with Gasteiger partial charge in [0, 0.05) is 5.69 Å². The number of carbonyl (C=O) groups is 1. The van der Waals surface area contributed by atoms with Crippen molar-refractivity contribution in [3.8, 4) is 11.5 Å². The van der Waals surface area contributed by atoms with Gasteiger partial charge in [0.2, 0.25) is 11.8 Å². The summed E-state index contributed by atoms with van der Waals surface area (Å²) in [6, 6.07) is 9.54. The van der Waals surface area contributed by atoms with Gasteiger partial charge in [0.05, 0.1) is 18.7 Å². The van der Waals surface area contributed by atoms with Gasteiger partial charge in [0.1, 0.15) is 11.5 Å². The highest BCUT2D eigenvalue weighted by Crippen LogP contribution is 2.25. The number of nitrogens with zero attached hydrogens (tertiary/aromatic N) is 3. The molecule has 0 spiro atoms. The molecule has 0 bridgehead atoms. The monoisotopic (exact) mass is 354 g/mol. The van der Waals surface area contributed by atoms with Crippen LogP contribution in [0.4, 0.5) is 5.69 Å². The molecule has 3 rings (SSSR count). The first-order valence-corrected chi connectivity index (χ1v) is 8.35. The second-order valence-corrected chi connectivity index (χ2v) is 6.41. The second kappa shape index (κ2) is 7.53. The van der Waals surface area contributed by atoms with E-state index in [1.165, 1.54) is 0 Å². The van der Waals surface area contributed by atoms with Gasteiger partial charge in [-0.05, 0) is 46.0 Å². The molecule has 1 aromatic carbocycles. The predicted molar refractivity (Wildman–Crippen MR) is 97.6 cm³/mol. The molecule has 2 aromatic heterocycles. The van der Waals surface area contributed by atoms with E-state index in [0.29, 0.717) is 18.3 Å². The summed E-state index contributed by atoms with van der Waals surface area (Å²) in [4.78, 5) is 14.0. The van der Waals surface area contributed by atoms with Gasteiger partial charge in [0.25, 0.3) is 5.89 Å². The second-order valence-electron chi connectivity index (χ2n) is 6.41. The number of amides is 1. The van der Waals surface area contributed by atoms with E-state index in [1.54, 1.807) is 0 Å². The van der Waals surface area contributed by atoms with Gasteiger partial charge in [-0.25, -0.2) is 0 Å². The minimum atomic E-state index is -0.0996. The maximum atomic E-state index is 12.1. The Hall–Kier alpha value is -2.93. The highest BCUT2D eigenvalue weighted by molar-refractivity contribution is 5.92. The normalized spacial score (nSPS) is 11.1. The van der Waals surface area contributed by atoms with Crippen molar-refractivity contribution in [1.82, 2.24) is 15.1 Å². The molecule has 0 aliphatic rings. The predicted octanol–water partition coefficient (Wildman–Crippen LogP) is 3.33. The Morgan fingerprint density at radius 2 is 1.85 bits per heavy atom. The van der Waals surface area contributed by atoms with E-state index in [2.05, 4.69) is 15.5 Å². The van der Waals surface area contributed by atoms with Crippen LogP contribution in [0.2, 0.25) is 0 Å². The molecule has 0 radical (unpaired) electrons. The van der Waals surface area contributed by atoms with Gasteiger partial charge < -0.3 is 14.2 Å². The summed E-state index contributed by atoms with van der Waals surface area (Å²) in [5, 5.41) is 11.0. The fraction of sp³-hybridized carbons (Fsp3) is 0.316. The maximum absolute atomic E-state index is 12.1. The van der Waals surface area contributed by atoms with Gasteiger partial charge in [-0.3, -0.25) is 9.69 Å². The largest absolute Gasteiger partial charge is 0.466 e. The molecule has 2 heterocycles. The van der Waals surface area contributed by atoms with Gasteiger partial charge >= 0.3 is 0 Å². The molecular formula is C19H22N4O3. The van der Waals surface area contributed by atoms with Crippen molar-refractivity contribution >= 4 is 11.6 Å². The number of furan rings is 1. The van der Waals surface area contributed by atoms with Crippen molar-refractivity contribution < 1.29 is 13.6 Å². The Labute approximate surface area is 152 Å². The molecule has 7 nitrogen and oxygen atoms in total. The number of likely N-dealkylation sites (N-methyl/N-ethyl adjacent to an activating group) is 1. The molecule has 0 aliphatic carbocycles. The first kappa shape index (κ1) is 17.9. The molecule has 0 unspecified atom stereocenters. The van der Waals surface area contributed by atoms with Crippen molar-refractivity contribution in [2.45, 2.75) is 27.3 Å². The number of hydrogen-bond donors (Lipinski definition) is 1. The number of rotatable bonds is 6. The molecule has 7 heteroatoms. The molecule has 26 heavy (non-hydrogen) atoms. The Morgan fingerprint density at radius 1 is 1.12 bits per heavy atom. The quantitative estimate of drug-likeness (QED) is 0.731. The third-order valence-corrected chi connectivity index (χ3v) is 3.89. The van der Waals surface area contributed by atoms with E-state index in [1.807, 2.05) is 63.1 Å². The minimum Gasteiger partial charge on any atom is -0.466 e. The molecule has 3 aromatic rings. The lowest BCUT2D eigenvalue weighted by atomic mass is 10.2. The molecule has 0 fully saturated rings. The van der Waals surface area contributed by atoms with E-state index < -0.39 is 0 Å². The average molecular weight is 354 g/mol. The van der Waals surface area contributed by atoms with Crippen LogP contribution < -0.4 is 5.32 Å². The fourth-order valence-corrected chi connectivity index (χ4v) is 2.64. The molecular weight excluding hydrogens is 332 g/mol. The zero-order valence-corrected chi connectivity index (χ0v) is 15.4. The van der Waals surface area contributed by atoms with Gasteiger partial charge in [-0.15, -0.1) is 10.2 Å². The van der Waals surface area contributed by atoms with Crippen LogP contribution in [0.3, 0.4) is 0 Å². The number of hydrogen-bond acceptors (Lipinski definition) is 6. The number of anilines is 1. The lowest BCUT2D eigenvalue weighted by Gasteiger charge is -2.14. The summed E-state index contributed by atoms with van der Waals surface area (Å²) >= 11 is 0. The minimum absolute atomic E-state index is 0.0996. The SMILES string of the molecule is Cc1ccc(NC(=O)CN(C)Cc2nnc(-c3cc(C)oc3C)o2)cc1. The van der Waals surface area contributed by atoms with E-state index in [4.69, 9.17) is 8.83 Å². The van der Waals surface area contributed by atoms with Crippen LogP contribution in [0.25, 0.3) is 11.5 Å². The van der Waals surface area contributed by atoms with Gasteiger partial charge in [-0.1, -0.05) is 17.7 Å². The molecule has 0 aliphatic heterocycles. The van der Waals surface area contributed by atoms with Gasteiger partial charge in [-0.2, -0.15) is 0 Å². The number of benzene rings is 1. The van der Waals surface area contributed by atoms with E-state index >= 15 is 0 Å². The van der Waals surface area contributed by atoms with E-state index in [-0.39, 0.29) is 12.5 Å². The zero-order valence-electron chi connectivity index (χ0n) is 15.4. The number of aromatic nitrogens is 2. The molecule has 0 saturated heterocycles. The first-order chi connectivity index (χ1) is 12.4. The van der Waals surface area contributed by atoms with Crippen molar-refractivity contribution in [3.05, 3.63) is 53.3 Å². The maximum Gasteiger partial charge on any atom is 0.251 e. The summed E-state index contributed by atoms with van der Waals surface area (Å²) in [5.41, 5.74) is 2.72. The molecule has 1 amide bonds. The lowest BCUT2D eigenvalue weighted by Crippen LogP contribution is -2.29. The lowest BCUT2D eigenvalue weighted by molar-refractivity contribution is -0.117. The van der Waals surface area contributed by atoms with Crippen molar-refractivity contribution in [1.29, 1.82) is 0 Å². The van der Waals surface area contributed by atoms with Crippen LogP contribution in [-0.4, -0.2) is 34.6 Å². The Kier molecular flexibility index (Phi) is 5.18. The number of nitrogens with one attached hydrogen (secondary N) is 1. The third-order valence-electron chi connectivity index (χ3n) is 3.89. The summed E-state index contributed by atoms with van der Waals surface area (Å²) in [6.45, 7) is 6.33. The Balaban J connectivity index is 1.56. The van der Waals surface area contributed by atoms with E-state index in [0.717, 1.165) is 28.3 Å². The van der Waals surface area contributed by atoms with Gasteiger partial charge in [0.15, 0.2) is 0 Å². The van der Waals surface area contributed by atoms with Crippen LogP contribution in [0, 0.1) is 20.8 Å². The first-order valence-electron chi connectivity index (χ1n) is 8.35. The molecule has 0 saturated carbocycles. The van der Waals surface area contributed by atoms with Crippen molar-refractivity contribution in [2.75, 3.05) is 18.9 Å². The van der Waals surface area contributed by atoms with Crippen LogP contribution in [0.1, 0.15) is 23.0 Å². The molecule has 0 atom stereocenters. The average Bonchev–Trinajstić information content (AvgIpc) is 3.15. The summed E-state index contributed by atoms with van der Waals surface area (Å²) in [6.07, 6.45) is 0. The highest BCUT2D eigenvalue weighted by atomic mass is 16.4. The van der Waals surface area contributed by atoms with Crippen molar-refractivity contribution in [3.63, 3.8) is 0 Å². The topological polar surface area (TPSA) is 84.4 Å². The van der Waals surface area contributed by atoms with Crippen LogP contribution in [0.15, 0.2) is 39.2 Å². The summed E-state index contributed by atoms with van der Waals surface area (Å²) < 4.78 is 11.2. The Morgan fingerprint density at radius 3 is 2.50 bits per heavy atom. The van der Waals surface area contributed by atoms with Crippen LogP contribution in [-0.2, 0) is 11.3 Å². The molecule has 136 valence electrons. The zero-order chi connectivity index (χ0) is 18.7. The van der Waals surface area contributed by atoms with Crippen LogP contribution in [0.5, 0.6) is 0 Å². The van der Waals surface area contributed by atoms with E-state index in [9.17, 15) is 4.79 Å². The number of carbonyl (C=O) groups excluding carboxylic acids is 1. The smallest absolute Gasteiger partial charge is 0.251 e.